The van der Waals surface area contributed by atoms with Crippen LogP contribution in [0.4, 0.5) is 5.69 Å². The Morgan fingerprint density at radius 1 is 1.12 bits per heavy atom. The van der Waals surface area contributed by atoms with Gasteiger partial charge in [-0.2, -0.15) is 0 Å². The van der Waals surface area contributed by atoms with Crippen molar-refractivity contribution >= 4 is 17.6 Å². The third-order valence-corrected chi connectivity index (χ3v) is 4.30. The molecule has 3 aromatic rings. The summed E-state index contributed by atoms with van der Waals surface area (Å²) >= 11 is 0. The van der Waals surface area contributed by atoms with Crippen molar-refractivity contribution in [1.29, 1.82) is 0 Å². The van der Waals surface area contributed by atoms with E-state index < -0.39 is 22.9 Å². The van der Waals surface area contributed by atoms with Gasteiger partial charge in [-0.1, -0.05) is 18.2 Å². The molecule has 1 heterocycles. The van der Waals surface area contributed by atoms with Gasteiger partial charge in [-0.3, -0.25) is 14.9 Å². The molecule has 2 N–H and O–H groups in total. The topological polar surface area (TPSA) is 141 Å². The number of amides is 1. The first-order chi connectivity index (χ1) is 15.3. The first kappa shape index (κ1) is 22.2. The van der Waals surface area contributed by atoms with E-state index in [9.17, 15) is 19.7 Å². The van der Waals surface area contributed by atoms with E-state index in [4.69, 9.17) is 14.6 Å². The number of aromatic nitrogens is 1. The van der Waals surface area contributed by atoms with Gasteiger partial charge in [0.1, 0.15) is 17.1 Å². The zero-order chi connectivity index (χ0) is 23.1. The van der Waals surface area contributed by atoms with E-state index in [2.05, 4.69) is 10.3 Å². The minimum absolute atomic E-state index is 0.0110. The van der Waals surface area contributed by atoms with Crippen LogP contribution in [0.5, 0.6) is 17.4 Å². The van der Waals surface area contributed by atoms with Gasteiger partial charge in [0.25, 0.3) is 11.6 Å². The third-order valence-electron chi connectivity index (χ3n) is 4.30. The lowest BCUT2D eigenvalue weighted by atomic mass is 10.2. The number of hydrogen-bond donors (Lipinski definition) is 2. The first-order valence-corrected chi connectivity index (χ1v) is 9.47. The number of nitrogens with one attached hydrogen (secondary N) is 1. The highest BCUT2D eigenvalue weighted by molar-refractivity contribution is 5.96. The van der Waals surface area contributed by atoms with Crippen molar-refractivity contribution in [1.82, 2.24) is 10.3 Å². The van der Waals surface area contributed by atoms with Crippen LogP contribution in [0, 0.1) is 10.1 Å². The van der Waals surface area contributed by atoms with E-state index in [1.54, 1.807) is 30.3 Å². The minimum atomic E-state index is -1.07. The van der Waals surface area contributed by atoms with Crippen molar-refractivity contribution < 1.29 is 29.1 Å². The lowest BCUT2D eigenvalue weighted by Gasteiger charge is -2.12. The Hall–Kier alpha value is -4.47. The van der Waals surface area contributed by atoms with E-state index in [1.165, 1.54) is 43.5 Å². The maximum absolute atomic E-state index is 12.7. The Morgan fingerprint density at radius 3 is 2.56 bits per heavy atom. The second-order valence-corrected chi connectivity index (χ2v) is 6.64. The number of nitro benzene ring substituents is 1. The molecule has 3 rings (SSSR count). The molecule has 1 atom stereocenters. The average Bonchev–Trinajstić information content (AvgIpc) is 2.79. The summed E-state index contributed by atoms with van der Waals surface area (Å²) in [6.07, 6.45) is 0.468. The Morgan fingerprint density at radius 2 is 1.88 bits per heavy atom. The fourth-order valence-electron chi connectivity index (χ4n) is 2.64. The van der Waals surface area contributed by atoms with E-state index in [-0.39, 0.29) is 29.4 Å². The number of nitrogens with zero attached hydrogens (tertiary/aromatic N) is 2. The number of rotatable bonds is 9. The van der Waals surface area contributed by atoms with Gasteiger partial charge in [0.2, 0.25) is 5.88 Å². The van der Waals surface area contributed by atoms with Crippen LogP contribution in [0.15, 0.2) is 66.9 Å². The highest BCUT2D eigenvalue weighted by Crippen LogP contribution is 2.26. The van der Waals surface area contributed by atoms with E-state index in [0.717, 1.165) is 5.56 Å². The number of nitro groups is 1. The number of non-ortho nitro benzene ring substituents is 1. The van der Waals surface area contributed by atoms with Crippen LogP contribution in [-0.2, 0) is 11.3 Å². The van der Waals surface area contributed by atoms with Gasteiger partial charge in [0, 0.05) is 18.8 Å². The van der Waals surface area contributed by atoms with E-state index in [1.807, 2.05) is 0 Å². The molecule has 0 saturated carbocycles. The molecule has 0 aliphatic carbocycles. The van der Waals surface area contributed by atoms with Gasteiger partial charge in [0.15, 0.2) is 6.10 Å². The van der Waals surface area contributed by atoms with Gasteiger partial charge in [-0.15, -0.1) is 0 Å². The predicted octanol–water partition coefficient (Wildman–Crippen LogP) is 3.56. The van der Waals surface area contributed by atoms with Gasteiger partial charge in [0.05, 0.1) is 11.0 Å². The smallest absolute Gasteiger partial charge is 0.344 e. The number of carboxylic acids is 1. The van der Waals surface area contributed by atoms with Crippen molar-refractivity contribution in [3.8, 4) is 17.4 Å². The number of ether oxygens (including phenoxy) is 2. The van der Waals surface area contributed by atoms with E-state index >= 15 is 0 Å². The lowest BCUT2D eigenvalue weighted by Crippen LogP contribution is -2.24. The quantitative estimate of drug-likeness (QED) is 0.382. The molecule has 2 aromatic carbocycles. The predicted molar refractivity (Wildman–Crippen MR) is 113 cm³/mol. The summed E-state index contributed by atoms with van der Waals surface area (Å²) in [5.74, 6) is -0.927. The molecule has 0 aliphatic heterocycles. The Kier molecular flexibility index (Phi) is 6.96. The van der Waals surface area contributed by atoms with Gasteiger partial charge in [-0.05, 0) is 42.8 Å². The molecule has 1 amide bonds. The molecule has 10 heteroatoms. The number of aliphatic carboxylic acids is 1. The summed E-state index contributed by atoms with van der Waals surface area (Å²) in [5.41, 5.74) is 0.780. The molecular weight excluding hydrogens is 418 g/mol. The molecule has 0 fully saturated rings. The fourth-order valence-corrected chi connectivity index (χ4v) is 2.64. The van der Waals surface area contributed by atoms with Crippen LogP contribution < -0.4 is 14.8 Å². The van der Waals surface area contributed by atoms with Crippen LogP contribution in [0.3, 0.4) is 0 Å². The summed E-state index contributed by atoms with van der Waals surface area (Å²) < 4.78 is 10.9. The average molecular weight is 437 g/mol. The van der Waals surface area contributed by atoms with Crippen LogP contribution in [0.25, 0.3) is 0 Å². The fraction of sp³-hybridized carbons (Fsp3) is 0.136. The molecule has 1 aromatic heterocycles. The lowest BCUT2D eigenvalue weighted by molar-refractivity contribution is -0.384. The summed E-state index contributed by atoms with van der Waals surface area (Å²) in [6, 6.07) is 15.3. The molecular formula is C22H19N3O7. The summed E-state index contributed by atoms with van der Waals surface area (Å²) in [4.78, 5) is 38.0. The Balaban J connectivity index is 1.65. The maximum Gasteiger partial charge on any atom is 0.344 e. The van der Waals surface area contributed by atoms with Gasteiger partial charge >= 0.3 is 5.97 Å². The van der Waals surface area contributed by atoms with E-state index in [0.29, 0.717) is 5.75 Å². The second kappa shape index (κ2) is 10.0. The highest BCUT2D eigenvalue weighted by atomic mass is 16.6. The summed E-state index contributed by atoms with van der Waals surface area (Å²) in [5, 5.41) is 22.6. The third kappa shape index (κ3) is 5.79. The first-order valence-electron chi connectivity index (χ1n) is 9.47. The molecule has 10 nitrogen and oxygen atoms in total. The molecule has 0 saturated heterocycles. The summed E-state index contributed by atoms with van der Waals surface area (Å²) in [6.45, 7) is 1.62. The monoisotopic (exact) mass is 437 g/mol. The maximum atomic E-state index is 12.7. The minimum Gasteiger partial charge on any atom is -0.479 e. The normalized spacial score (nSPS) is 11.3. The van der Waals surface area contributed by atoms with Gasteiger partial charge in [-0.25, -0.2) is 9.78 Å². The zero-order valence-corrected chi connectivity index (χ0v) is 16.9. The van der Waals surface area contributed by atoms with Gasteiger partial charge < -0.3 is 19.9 Å². The molecule has 0 bridgehead atoms. The van der Waals surface area contributed by atoms with Crippen molar-refractivity contribution in [2.45, 2.75) is 19.6 Å². The molecule has 1 unspecified atom stereocenters. The SMILES string of the molecule is CC(Oc1ccc(CNC(=O)c2cccnc2Oc2cccc([N+](=O)[O-])c2)cc1)C(=O)O. The van der Waals surface area contributed by atoms with Crippen LogP contribution in [0.2, 0.25) is 0 Å². The van der Waals surface area contributed by atoms with Crippen molar-refractivity contribution in [3.05, 3.63) is 88.1 Å². The van der Waals surface area contributed by atoms with Crippen LogP contribution in [0.1, 0.15) is 22.8 Å². The largest absolute Gasteiger partial charge is 0.479 e. The number of carboxylic acid groups (broad SMARTS) is 1. The van der Waals surface area contributed by atoms with Crippen LogP contribution in [-0.4, -0.2) is 33.0 Å². The summed E-state index contributed by atoms with van der Waals surface area (Å²) in [7, 11) is 0. The number of pyridine rings is 1. The Labute approximate surface area is 182 Å². The number of carbonyl (C=O) groups excluding carboxylic acids is 1. The molecule has 32 heavy (non-hydrogen) atoms. The standard InChI is InChI=1S/C22H19N3O7/c1-14(22(27)28)31-17-9-7-15(8-10-17)13-24-20(26)19-6-3-11-23-21(19)32-18-5-2-4-16(12-18)25(29)30/h2-12,14H,13H2,1H3,(H,24,26)(H,27,28). The highest BCUT2D eigenvalue weighted by Gasteiger charge is 2.16. The molecule has 0 spiro atoms. The van der Waals surface area contributed by atoms with Crippen molar-refractivity contribution in [2.75, 3.05) is 0 Å². The van der Waals surface area contributed by atoms with Crippen LogP contribution >= 0.6 is 0 Å². The molecule has 0 aliphatic rings. The number of hydrogen-bond acceptors (Lipinski definition) is 7. The van der Waals surface area contributed by atoms with Crippen molar-refractivity contribution in [2.24, 2.45) is 0 Å². The molecule has 0 radical (unpaired) electrons. The number of carbonyl (C=O) groups is 2. The number of benzene rings is 2. The second-order valence-electron chi connectivity index (χ2n) is 6.64. The molecule has 164 valence electrons. The Bertz CT molecular complexity index is 1130. The zero-order valence-electron chi connectivity index (χ0n) is 16.9. The van der Waals surface area contributed by atoms with Crippen molar-refractivity contribution in [3.63, 3.8) is 0 Å².